The number of hydrogen-bond donors (Lipinski definition) is 6. The second kappa shape index (κ2) is 15.0. The Morgan fingerprint density at radius 1 is 1.09 bits per heavy atom. The van der Waals surface area contributed by atoms with Crippen molar-refractivity contribution in [2.45, 2.75) is 69.3 Å². The average molecular weight is 462 g/mol. The van der Waals surface area contributed by atoms with Crippen molar-refractivity contribution < 1.29 is 30.3 Å². The first-order valence-corrected chi connectivity index (χ1v) is 11.9. The van der Waals surface area contributed by atoms with E-state index in [1.165, 1.54) is 5.56 Å². The van der Waals surface area contributed by atoms with Gasteiger partial charge in [-0.25, -0.2) is 0 Å². The lowest BCUT2D eigenvalue weighted by molar-refractivity contribution is -0.122. The van der Waals surface area contributed by atoms with E-state index in [-0.39, 0.29) is 31.0 Å². The number of amides is 1. The Kier molecular flexibility index (Phi) is 12.4. The number of allylic oxidation sites excluding steroid dienone is 2. The average Bonchev–Trinajstić information content (AvgIpc) is 3.09. The van der Waals surface area contributed by atoms with Gasteiger partial charge in [0, 0.05) is 18.8 Å². The molecule has 33 heavy (non-hydrogen) atoms. The van der Waals surface area contributed by atoms with Crippen molar-refractivity contribution in [2.75, 3.05) is 13.2 Å². The van der Waals surface area contributed by atoms with Gasteiger partial charge in [-0.05, 0) is 43.6 Å². The third kappa shape index (κ3) is 9.78. The van der Waals surface area contributed by atoms with E-state index in [1.54, 1.807) is 6.08 Å². The van der Waals surface area contributed by atoms with Crippen LogP contribution in [0.15, 0.2) is 54.6 Å². The second-order valence-corrected chi connectivity index (χ2v) is 8.82. The molecule has 184 valence electrons. The third-order valence-corrected chi connectivity index (χ3v) is 6.20. The highest BCUT2D eigenvalue weighted by molar-refractivity contribution is 5.76. The SMILES string of the molecule is O=C(CCC/C=C\CC1[C@@H](/C=C/[C@@H](O)CCc2ccccc2)[C@H](O)C[C@@H]1O)NC(CO)CO. The van der Waals surface area contributed by atoms with E-state index in [0.717, 1.165) is 6.42 Å². The fourth-order valence-electron chi connectivity index (χ4n) is 4.22. The highest BCUT2D eigenvalue weighted by atomic mass is 16.3. The Labute approximate surface area is 196 Å². The molecule has 0 aromatic heterocycles. The number of hydrogen-bond acceptors (Lipinski definition) is 6. The lowest BCUT2D eigenvalue weighted by atomic mass is 9.89. The molecule has 1 aliphatic carbocycles. The molecule has 1 unspecified atom stereocenters. The van der Waals surface area contributed by atoms with Crippen molar-refractivity contribution in [1.82, 2.24) is 5.32 Å². The topological polar surface area (TPSA) is 130 Å². The number of aliphatic hydroxyl groups excluding tert-OH is 5. The lowest BCUT2D eigenvalue weighted by Gasteiger charge is -2.19. The molecule has 0 heterocycles. The van der Waals surface area contributed by atoms with Crippen LogP contribution in [0.4, 0.5) is 0 Å². The molecule has 6 N–H and O–H groups in total. The predicted molar refractivity (Wildman–Crippen MR) is 127 cm³/mol. The van der Waals surface area contributed by atoms with Crippen LogP contribution in [0.2, 0.25) is 0 Å². The molecule has 1 amide bonds. The molecule has 1 fully saturated rings. The summed E-state index contributed by atoms with van der Waals surface area (Å²) >= 11 is 0. The van der Waals surface area contributed by atoms with Crippen molar-refractivity contribution in [1.29, 1.82) is 0 Å². The quantitative estimate of drug-likeness (QED) is 0.184. The summed E-state index contributed by atoms with van der Waals surface area (Å²) in [5.74, 6) is -0.537. The number of carbonyl (C=O) groups is 1. The molecule has 7 nitrogen and oxygen atoms in total. The predicted octanol–water partition coefficient (Wildman–Crippen LogP) is 1.48. The fourth-order valence-corrected chi connectivity index (χ4v) is 4.22. The lowest BCUT2D eigenvalue weighted by Crippen LogP contribution is -2.39. The zero-order valence-corrected chi connectivity index (χ0v) is 19.2. The fraction of sp³-hybridized carbons (Fsp3) is 0.577. The summed E-state index contributed by atoms with van der Waals surface area (Å²) in [4.78, 5) is 11.7. The molecule has 0 saturated heterocycles. The van der Waals surface area contributed by atoms with E-state index in [1.807, 2.05) is 48.6 Å². The highest BCUT2D eigenvalue weighted by Crippen LogP contribution is 2.36. The standard InChI is InChI=1S/C26H39NO6/c28-17-20(18-29)27-26(33)11-7-2-1-6-10-22-23(25(32)16-24(22)31)15-14-21(30)13-12-19-8-4-3-5-9-19/h1,3-6,8-9,14-15,20-25,28-32H,2,7,10-13,16-18H2,(H,27,33)/b6-1-,15-14+/t21-,22?,23+,24-,25+/m0/s1. The highest BCUT2D eigenvalue weighted by Gasteiger charge is 2.39. The van der Waals surface area contributed by atoms with Crippen molar-refractivity contribution >= 4 is 5.91 Å². The van der Waals surface area contributed by atoms with Gasteiger partial charge in [0.25, 0.3) is 0 Å². The van der Waals surface area contributed by atoms with Crippen LogP contribution in [-0.4, -0.2) is 69.0 Å². The maximum absolute atomic E-state index is 11.7. The van der Waals surface area contributed by atoms with Gasteiger partial charge in [-0.1, -0.05) is 54.6 Å². The molecule has 1 aliphatic rings. The molecule has 7 heteroatoms. The maximum atomic E-state index is 11.7. The molecule has 1 aromatic rings. The van der Waals surface area contributed by atoms with Crippen LogP contribution < -0.4 is 5.32 Å². The van der Waals surface area contributed by atoms with E-state index >= 15 is 0 Å². The summed E-state index contributed by atoms with van der Waals surface area (Å²) in [6, 6.07) is 9.36. The van der Waals surface area contributed by atoms with Gasteiger partial charge < -0.3 is 30.8 Å². The van der Waals surface area contributed by atoms with Gasteiger partial charge in [-0.15, -0.1) is 0 Å². The minimum absolute atomic E-state index is 0.119. The molecule has 1 saturated carbocycles. The number of nitrogens with one attached hydrogen (secondary N) is 1. The monoisotopic (exact) mass is 461 g/mol. The molecule has 0 bridgehead atoms. The normalized spacial score (nSPS) is 24.2. The van der Waals surface area contributed by atoms with Gasteiger partial charge in [0.2, 0.25) is 5.91 Å². The first kappa shape index (κ1) is 27.2. The van der Waals surface area contributed by atoms with Crippen LogP contribution in [0.1, 0.15) is 44.1 Å². The van der Waals surface area contributed by atoms with Gasteiger partial charge in [-0.2, -0.15) is 0 Å². The van der Waals surface area contributed by atoms with Gasteiger partial charge in [0.05, 0.1) is 37.6 Å². The van der Waals surface area contributed by atoms with Crippen molar-refractivity contribution in [3.8, 4) is 0 Å². The summed E-state index contributed by atoms with van der Waals surface area (Å²) in [6.07, 6.45) is 9.62. The molecule has 5 atom stereocenters. The van der Waals surface area contributed by atoms with Gasteiger partial charge in [0.15, 0.2) is 0 Å². The molecular weight excluding hydrogens is 422 g/mol. The van der Waals surface area contributed by atoms with Crippen LogP contribution in [0.25, 0.3) is 0 Å². The van der Waals surface area contributed by atoms with Crippen molar-refractivity contribution in [2.24, 2.45) is 11.8 Å². The number of unbranched alkanes of at least 4 members (excludes halogenated alkanes) is 1. The van der Waals surface area contributed by atoms with Crippen LogP contribution in [0, 0.1) is 11.8 Å². The third-order valence-electron chi connectivity index (χ3n) is 6.20. The smallest absolute Gasteiger partial charge is 0.220 e. The summed E-state index contributed by atoms with van der Waals surface area (Å²) in [7, 11) is 0. The minimum atomic E-state index is -0.634. The number of rotatable bonds is 14. The largest absolute Gasteiger partial charge is 0.394 e. The molecule has 0 radical (unpaired) electrons. The van der Waals surface area contributed by atoms with Crippen molar-refractivity contribution in [3.63, 3.8) is 0 Å². The Balaban J connectivity index is 1.74. The Morgan fingerprint density at radius 3 is 2.52 bits per heavy atom. The summed E-state index contributed by atoms with van der Waals surface area (Å²) in [5, 5.41) is 51.6. The molecule has 0 spiro atoms. The van der Waals surface area contributed by atoms with E-state index in [2.05, 4.69) is 5.32 Å². The van der Waals surface area contributed by atoms with Crippen LogP contribution in [0.3, 0.4) is 0 Å². The summed E-state index contributed by atoms with van der Waals surface area (Å²) in [6.45, 7) is -0.589. The van der Waals surface area contributed by atoms with E-state index in [9.17, 15) is 20.1 Å². The zero-order valence-electron chi connectivity index (χ0n) is 19.2. The summed E-state index contributed by atoms with van der Waals surface area (Å²) in [5.41, 5.74) is 1.17. The van der Waals surface area contributed by atoms with Crippen LogP contribution >= 0.6 is 0 Å². The van der Waals surface area contributed by atoms with E-state index in [4.69, 9.17) is 10.2 Å². The second-order valence-electron chi connectivity index (χ2n) is 8.82. The Bertz CT molecular complexity index is 734. The molecular formula is C26H39NO6. The van der Waals surface area contributed by atoms with Gasteiger partial charge in [0.1, 0.15) is 0 Å². The number of aryl methyl sites for hydroxylation is 1. The molecule has 1 aromatic carbocycles. The van der Waals surface area contributed by atoms with Gasteiger partial charge >= 0.3 is 0 Å². The molecule has 2 rings (SSSR count). The van der Waals surface area contributed by atoms with E-state index < -0.39 is 24.4 Å². The maximum Gasteiger partial charge on any atom is 0.220 e. The van der Waals surface area contributed by atoms with Crippen molar-refractivity contribution in [3.05, 3.63) is 60.2 Å². The van der Waals surface area contributed by atoms with Gasteiger partial charge in [-0.3, -0.25) is 4.79 Å². The molecule has 0 aliphatic heterocycles. The summed E-state index contributed by atoms with van der Waals surface area (Å²) < 4.78 is 0. The number of benzene rings is 1. The van der Waals surface area contributed by atoms with Crippen LogP contribution in [-0.2, 0) is 11.2 Å². The first-order chi connectivity index (χ1) is 15.9. The Hall–Kier alpha value is -2.03. The minimum Gasteiger partial charge on any atom is -0.394 e. The first-order valence-electron chi connectivity index (χ1n) is 11.9. The van der Waals surface area contributed by atoms with Crippen LogP contribution in [0.5, 0.6) is 0 Å². The number of aliphatic hydroxyl groups is 5. The zero-order chi connectivity index (χ0) is 24.1. The Morgan fingerprint density at radius 2 is 1.82 bits per heavy atom. The number of carbonyl (C=O) groups excluding carboxylic acids is 1. The van der Waals surface area contributed by atoms with E-state index in [0.29, 0.717) is 38.5 Å².